The maximum atomic E-state index is 11.4. The van der Waals surface area contributed by atoms with Crippen LogP contribution in [-0.4, -0.2) is 48.0 Å². The molecule has 2 amide bonds. The zero-order valence-electron chi connectivity index (χ0n) is 9.42. The van der Waals surface area contributed by atoms with Gasteiger partial charge in [-0.05, 0) is 6.92 Å². The molecular weight excluding hydrogens is 232 g/mol. The van der Waals surface area contributed by atoms with Gasteiger partial charge in [-0.3, -0.25) is 0 Å². The number of hydrogen-bond donors (Lipinski definition) is 0. The first kappa shape index (κ1) is 12.4. The van der Waals surface area contributed by atoms with Gasteiger partial charge in [0.25, 0.3) is 0 Å². The highest BCUT2D eigenvalue weighted by Gasteiger charge is 2.11. The second-order valence-corrected chi connectivity index (χ2v) is 4.23. The van der Waals surface area contributed by atoms with E-state index in [9.17, 15) is 9.59 Å². The SMILES string of the molecule is COC(=O)n1nc(C)sc1=NC(=O)N(C)C. The Morgan fingerprint density at radius 1 is 1.50 bits per heavy atom. The highest BCUT2D eigenvalue weighted by Crippen LogP contribution is 1.97. The highest BCUT2D eigenvalue weighted by molar-refractivity contribution is 7.08. The third kappa shape index (κ3) is 2.66. The van der Waals surface area contributed by atoms with Gasteiger partial charge in [-0.25, -0.2) is 9.59 Å². The summed E-state index contributed by atoms with van der Waals surface area (Å²) in [7, 11) is 4.38. The van der Waals surface area contributed by atoms with Gasteiger partial charge in [0.2, 0.25) is 4.80 Å². The number of hydrogen-bond acceptors (Lipinski definition) is 5. The van der Waals surface area contributed by atoms with E-state index in [1.165, 1.54) is 12.0 Å². The van der Waals surface area contributed by atoms with Gasteiger partial charge in [0.05, 0.1) is 7.11 Å². The van der Waals surface area contributed by atoms with Crippen molar-refractivity contribution in [2.24, 2.45) is 4.99 Å². The molecule has 0 atom stereocenters. The smallest absolute Gasteiger partial charge is 0.437 e. The van der Waals surface area contributed by atoms with Crippen molar-refractivity contribution in [1.29, 1.82) is 0 Å². The van der Waals surface area contributed by atoms with Gasteiger partial charge in [0, 0.05) is 14.1 Å². The number of nitrogens with zero attached hydrogens (tertiary/aromatic N) is 4. The van der Waals surface area contributed by atoms with Crippen LogP contribution in [0.1, 0.15) is 5.01 Å². The maximum absolute atomic E-state index is 11.4. The van der Waals surface area contributed by atoms with Crippen LogP contribution in [-0.2, 0) is 4.74 Å². The molecule has 0 bridgehead atoms. The molecule has 0 N–H and O–H groups in total. The van der Waals surface area contributed by atoms with E-state index in [-0.39, 0.29) is 4.80 Å². The van der Waals surface area contributed by atoms with E-state index in [1.54, 1.807) is 21.0 Å². The first-order valence-electron chi connectivity index (χ1n) is 4.36. The van der Waals surface area contributed by atoms with Crippen LogP contribution < -0.4 is 4.80 Å². The van der Waals surface area contributed by atoms with Crippen LogP contribution >= 0.6 is 11.3 Å². The van der Waals surface area contributed by atoms with E-state index in [4.69, 9.17) is 0 Å². The molecule has 0 aliphatic rings. The molecule has 0 saturated heterocycles. The lowest BCUT2D eigenvalue weighted by atomic mass is 10.8. The largest absolute Gasteiger partial charge is 0.451 e. The number of carbonyl (C=O) groups is 2. The predicted molar refractivity (Wildman–Crippen MR) is 57.3 cm³/mol. The van der Waals surface area contributed by atoms with Gasteiger partial charge in [-0.2, -0.15) is 10.1 Å². The quantitative estimate of drug-likeness (QED) is 0.664. The molecule has 88 valence electrons. The average molecular weight is 244 g/mol. The number of carbonyl (C=O) groups excluding carboxylic acids is 2. The molecule has 1 aromatic rings. The van der Waals surface area contributed by atoms with E-state index in [1.807, 2.05) is 0 Å². The van der Waals surface area contributed by atoms with Gasteiger partial charge >= 0.3 is 12.1 Å². The summed E-state index contributed by atoms with van der Waals surface area (Å²) in [6.45, 7) is 1.71. The molecule has 0 aliphatic carbocycles. The van der Waals surface area contributed by atoms with Crippen LogP contribution in [0.3, 0.4) is 0 Å². The molecule has 1 heterocycles. The van der Waals surface area contributed by atoms with Crippen LogP contribution in [0.4, 0.5) is 9.59 Å². The Morgan fingerprint density at radius 2 is 2.12 bits per heavy atom. The number of methoxy groups -OCH3 is 1. The Labute approximate surface area is 96.0 Å². The fourth-order valence-electron chi connectivity index (χ4n) is 0.837. The zero-order valence-corrected chi connectivity index (χ0v) is 10.2. The van der Waals surface area contributed by atoms with Crippen LogP contribution in [0.5, 0.6) is 0 Å². The number of ether oxygens (including phenoxy) is 1. The molecule has 0 aliphatic heterocycles. The highest BCUT2D eigenvalue weighted by atomic mass is 32.1. The topological polar surface area (TPSA) is 76.8 Å². The summed E-state index contributed by atoms with van der Waals surface area (Å²) in [6.07, 6.45) is -0.672. The van der Waals surface area contributed by atoms with Crippen LogP contribution in [0, 0.1) is 6.92 Å². The first-order valence-corrected chi connectivity index (χ1v) is 5.18. The molecule has 1 aromatic heterocycles. The third-order valence-corrected chi connectivity index (χ3v) is 2.41. The minimum Gasteiger partial charge on any atom is -0.451 e. The van der Waals surface area contributed by atoms with Crippen molar-refractivity contribution in [3.8, 4) is 0 Å². The summed E-state index contributed by atoms with van der Waals surface area (Å²) in [4.78, 5) is 27.9. The predicted octanol–water partition coefficient (Wildman–Crippen LogP) is 0.450. The minimum atomic E-state index is -0.672. The Balaban J connectivity index is 3.23. The van der Waals surface area contributed by atoms with E-state index in [0.29, 0.717) is 5.01 Å². The molecule has 0 aromatic carbocycles. The molecular formula is C8H12N4O3S. The Kier molecular flexibility index (Phi) is 3.78. The van der Waals surface area contributed by atoms with Crippen molar-refractivity contribution in [1.82, 2.24) is 14.7 Å². The fraction of sp³-hybridized carbons (Fsp3) is 0.500. The standard InChI is InChI=1S/C8H12N4O3S/c1-5-10-12(8(14)15-4)7(16-5)9-6(13)11(2)3/h1-4H3. The number of aryl methyl sites for hydroxylation is 1. The lowest BCUT2D eigenvalue weighted by molar-refractivity contribution is 0.168. The molecule has 0 fully saturated rings. The van der Waals surface area contributed by atoms with E-state index >= 15 is 0 Å². The molecule has 0 unspecified atom stereocenters. The van der Waals surface area contributed by atoms with Gasteiger partial charge < -0.3 is 9.64 Å². The third-order valence-electron chi connectivity index (χ3n) is 1.58. The molecule has 1 rings (SSSR count). The van der Waals surface area contributed by atoms with E-state index in [0.717, 1.165) is 16.0 Å². The summed E-state index contributed by atoms with van der Waals surface area (Å²) >= 11 is 1.14. The fourth-order valence-corrected chi connectivity index (χ4v) is 1.55. The van der Waals surface area contributed by atoms with Gasteiger partial charge in [0.15, 0.2) is 0 Å². The normalized spacial score (nSPS) is 11.4. The molecule has 0 radical (unpaired) electrons. The van der Waals surface area contributed by atoms with E-state index in [2.05, 4.69) is 14.8 Å². The Morgan fingerprint density at radius 3 is 2.62 bits per heavy atom. The van der Waals surface area contributed by atoms with Crippen molar-refractivity contribution < 1.29 is 14.3 Å². The Hall–Kier alpha value is -1.70. The van der Waals surface area contributed by atoms with Crippen molar-refractivity contribution in [2.45, 2.75) is 6.92 Å². The lowest BCUT2D eigenvalue weighted by Gasteiger charge is -2.03. The summed E-state index contributed by atoms with van der Waals surface area (Å²) in [5, 5.41) is 4.51. The monoisotopic (exact) mass is 244 g/mol. The van der Waals surface area contributed by atoms with Gasteiger partial charge in [-0.15, -0.1) is 4.68 Å². The van der Waals surface area contributed by atoms with Crippen molar-refractivity contribution in [3.05, 3.63) is 9.81 Å². The molecule has 0 saturated carbocycles. The van der Waals surface area contributed by atoms with E-state index < -0.39 is 12.1 Å². The molecule has 7 nitrogen and oxygen atoms in total. The maximum Gasteiger partial charge on any atom is 0.437 e. The van der Waals surface area contributed by atoms with Crippen molar-refractivity contribution in [2.75, 3.05) is 21.2 Å². The zero-order chi connectivity index (χ0) is 12.3. The average Bonchev–Trinajstić information content (AvgIpc) is 2.58. The number of aromatic nitrogens is 2. The number of amides is 2. The first-order chi connectivity index (χ1) is 7.45. The molecule has 16 heavy (non-hydrogen) atoms. The van der Waals surface area contributed by atoms with Crippen molar-refractivity contribution in [3.63, 3.8) is 0 Å². The lowest BCUT2D eigenvalue weighted by Crippen LogP contribution is -2.28. The second kappa shape index (κ2) is 4.88. The van der Waals surface area contributed by atoms with Crippen LogP contribution in [0.2, 0.25) is 0 Å². The van der Waals surface area contributed by atoms with Gasteiger partial charge in [0.1, 0.15) is 5.01 Å². The van der Waals surface area contributed by atoms with Gasteiger partial charge in [-0.1, -0.05) is 11.3 Å². The summed E-state index contributed by atoms with van der Waals surface area (Å²) < 4.78 is 5.48. The number of urea groups is 1. The summed E-state index contributed by atoms with van der Waals surface area (Å²) in [6, 6.07) is -0.457. The molecule has 0 spiro atoms. The minimum absolute atomic E-state index is 0.197. The van der Waals surface area contributed by atoms with Crippen LogP contribution in [0.25, 0.3) is 0 Å². The Bertz CT molecular complexity index is 474. The summed E-state index contributed by atoms with van der Waals surface area (Å²) in [5.41, 5.74) is 0. The number of rotatable bonds is 0. The summed E-state index contributed by atoms with van der Waals surface area (Å²) in [5.74, 6) is 0. The van der Waals surface area contributed by atoms with Crippen molar-refractivity contribution >= 4 is 23.5 Å². The molecule has 8 heteroatoms. The second-order valence-electron chi connectivity index (χ2n) is 3.07. The van der Waals surface area contributed by atoms with Crippen LogP contribution in [0.15, 0.2) is 4.99 Å².